The first-order valence-electron chi connectivity index (χ1n) is 7.40. The largest absolute Gasteiger partial charge is 0.465 e. The van der Waals surface area contributed by atoms with Crippen LogP contribution in [0.4, 0.5) is 0 Å². The molecule has 1 aliphatic rings. The molecule has 0 amide bonds. The van der Waals surface area contributed by atoms with Crippen LogP contribution in [0.15, 0.2) is 23.1 Å². The van der Waals surface area contributed by atoms with Crippen LogP contribution in [0.5, 0.6) is 0 Å². The molecule has 0 bridgehead atoms. The van der Waals surface area contributed by atoms with E-state index in [1.807, 2.05) is 0 Å². The van der Waals surface area contributed by atoms with Crippen molar-refractivity contribution >= 4 is 37.6 Å². The van der Waals surface area contributed by atoms with Crippen LogP contribution < -0.4 is 4.72 Å². The third-order valence-corrected chi connectivity index (χ3v) is 7.19. The normalized spacial score (nSPS) is 17.4. The number of ether oxygens (including phenoxy) is 1. The summed E-state index contributed by atoms with van der Waals surface area (Å²) in [6, 6.07) is 3.40. The molecule has 1 aromatic carbocycles. The summed E-state index contributed by atoms with van der Waals surface area (Å²) >= 11 is 6.00. The van der Waals surface area contributed by atoms with Gasteiger partial charge in [0.1, 0.15) is 4.90 Å². The maximum atomic E-state index is 12.5. The van der Waals surface area contributed by atoms with E-state index in [0.29, 0.717) is 12.8 Å². The third kappa shape index (κ3) is 4.91. The summed E-state index contributed by atoms with van der Waals surface area (Å²) in [6.45, 7) is 0.502. The first kappa shape index (κ1) is 20.1. The molecule has 0 saturated carbocycles. The maximum absolute atomic E-state index is 12.5. The molecular formula is C14H19ClN2O6S2. The molecule has 0 aromatic heterocycles. The molecule has 0 unspecified atom stereocenters. The van der Waals surface area contributed by atoms with E-state index in [4.69, 9.17) is 11.6 Å². The Labute approximate surface area is 152 Å². The summed E-state index contributed by atoms with van der Waals surface area (Å²) in [5.74, 6) is -0.619. The van der Waals surface area contributed by atoms with Gasteiger partial charge in [-0.2, -0.15) is 0 Å². The number of nitrogens with one attached hydrogen (secondary N) is 1. The lowest BCUT2D eigenvalue weighted by Crippen LogP contribution is -2.46. The van der Waals surface area contributed by atoms with E-state index in [-0.39, 0.29) is 34.6 Å². The highest BCUT2D eigenvalue weighted by molar-refractivity contribution is 7.89. The average Bonchev–Trinajstić information content (AvgIpc) is 2.53. The van der Waals surface area contributed by atoms with Gasteiger partial charge < -0.3 is 4.74 Å². The van der Waals surface area contributed by atoms with Gasteiger partial charge in [0, 0.05) is 19.1 Å². The summed E-state index contributed by atoms with van der Waals surface area (Å²) in [5.41, 5.74) is 0.146. The highest BCUT2D eigenvalue weighted by Crippen LogP contribution is 2.24. The summed E-state index contributed by atoms with van der Waals surface area (Å²) < 4.78 is 56.4. The van der Waals surface area contributed by atoms with E-state index >= 15 is 0 Å². The van der Waals surface area contributed by atoms with E-state index in [9.17, 15) is 21.6 Å². The number of nitrogens with zero attached hydrogens (tertiary/aromatic N) is 1. The number of piperidine rings is 1. The molecule has 8 nitrogen and oxygen atoms in total. The number of halogens is 1. The molecule has 2 rings (SSSR count). The molecule has 1 aromatic rings. The lowest BCUT2D eigenvalue weighted by Gasteiger charge is -2.30. The summed E-state index contributed by atoms with van der Waals surface area (Å²) in [7, 11) is -5.96. The molecule has 1 saturated heterocycles. The van der Waals surface area contributed by atoms with Crippen LogP contribution in [0.25, 0.3) is 0 Å². The number of carbonyl (C=O) groups is 1. The number of methoxy groups -OCH3 is 1. The van der Waals surface area contributed by atoms with Crippen molar-refractivity contribution < 1.29 is 26.4 Å². The zero-order valence-electron chi connectivity index (χ0n) is 13.7. The molecule has 140 valence electrons. The fourth-order valence-electron chi connectivity index (χ4n) is 2.55. The van der Waals surface area contributed by atoms with Crippen molar-refractivity contribution in [3.63, 3.8) is 0 Å². The molecule has 11 heteroatoms. The standard InChI is InChI=1S/C14H19ClN2O6S2/c1-23-14(18)10-3-4-13(12(15)9-10)25(21,22)16-11-5-7-17(8-6-11)24(2,19)20/h3-4,9,11,16H,5-8H2,1-2H3. The number of sulfonamides is 2. The van der Waals surface area contributed by atoms with Gasteiger partial charge in [0.25, 0.3) is 0 Å². The Balaban J connectivity index is 2.11. The quantitative estimate of drug-likeness (QED) is 0.720. The Bertz CT molecular complexity index is 861. The van der Waals surface area contributed by atoms with Gasteiger partial charge in [-0.25, -0.2) is 30.7 Å². The van der Waals surface area contributed by atoms with Gasteiger partial charge in [-0.3, -0.25) is 0 Å². The molecule has 0 radical (unpaired) electrons. The van der Waals surface area contributed by atoms with Crippen LogP contribution in [-0.4, -0.2) is 59.6 Å². The second-order valence-corrected chi connectivity index (χ2v) is 9.77. The summed E-state index contributed by atoms with van der Waals surface area (Å²) in [4.78, 5) is 11.3. The van der Waals surface area contributed by atoms with E-state index in [0.717, 1.165) is 6.26 Å². The molecule has 0 aliphatic carbocycles. The number of rotatable bonds is 5. The molecule has 0 spiro atoms. The molecule has 0 atom stereocenters. The molecule has 1 heterocycles. The Morgan fingerprint density at radius 2 is 1.84 bits per heavy atom. The Morgan fingerprint density at radius 3 is 2.32 bits per heavy atom. The van der Waals surface area contributed by atoms with E-state index in [1.165, 1.54) is 29.6 Å². The lowest BCUT2D eigenvalue weighted by atomic mass is 10.1. The molecular weight excluding hydrogens is 392 g/mol. The zero-order chi connectivity index (χ0) is 18.8. The molecule has 1 fully saturated rings. The van der Waals surface area contributed by atoms with Crippen LogP contribution in [0, 0.1) is 0 Å². The number of hydrogen-bond acceptors (Lipinski definition) is 6. The monoisotopic (exact) mass is 410 g/mol. The highest BCUT2D eigenvalue weighted by Gasteiger charge is 2.29. The van der Waals surface area contributed by atoms with Crippen LogP contribution in [0.3, 0.4) is 0 Å². The topological polar surface area (TPSA) is 110 Å². The Hall–Kier alpha value is -1.20. The van der Waals surface area contributed by atoms with Gasteiger partial charge in [0.05, 0.1) is 24.0 Å². The van der Waals surface area contributed by atoms with Crippen LogP contribution in [0.1, 0.15) is 23.2 Å². The Kier molecular flexibility index (Phi) is 6.10. The van der Waals surface area contributed by atoms with Crippen LogP contribution >= 0.6 is 11.6 Å². The van der Waals surface area contributed by atoms with Crippen molar-refractivity contribution in [3.8, 4) is 0 Å². The van der Waals surface area contributed by atoms with Crippen LogP contribution in [-0.2, 0) is 24.8 Å². The first-order valence-corrected chi connectivity index (χ1v) is 11.1. The zero-order valence-corrected chi connectivity index (χ0v) is 16.1. The molecule has 25 heavy (non-hydrogen) atoms. The number of carbonyl (C=O) groups excluding carboxylic acids is 1. The third-order valence-electron chi connectivity index (χ3n) is 3.89. The van der Waals surface area contributed by atoms with E-state index < -0.39 is 26.0 Å². The highest BCUT2D eigenvalue weighted by atomic mass is 35.5. The summed E-state index contributed by atoms with van der Waals surface area (Å²) in [5, 5.41) is -0.0935. The molecule has 1 N–H and O–H groups in total. The van der Waals surface area contributed by atoms with Crippen LogP contribution in [0.2, 0.25) is 5.02 Å². The van der Waals surface area contributed by atoms with Crippen molar-refractivity contribution in [2.24, 2.45) is 0 Å². The van der Waals surface area contributed by atoms with Crippen molar-refractivity contribution in [1.29, 1.82) is 0 Å². The maximum Gasteiger partial charge on any atom is 0.337 e. The minimum Gasteiger partial charge on any atom is -0.465 e. The van der Waals surface area contributed by atoms with E-state index in [2.05, 4.69) is 9.46 Å². The van der Waals surface area contributed by atoms with Gasteiger partial charge in [-0.1, -0.05) is 11.6 Å². The smallest absolute Gasteiger partial charge is 0.337 e. The van der Waals surface area contributed by atoms with Gasteiger partial charge >= 0.3 is 5.97 Å². The average molecular weight is 411 g/mol. The van der Waals surface area contributed by atoms with E-state index in [1.54, 1.807) is 0 Å². The second-order valence-electron chi connectivity index (χ2n) is 5.69. The fraction of sp³-hybridized carbons (Fsp3) is 0.500. The molecule has 1 aliphatic heterocycles. The van der Waals surface area contributed by atoms with Crippen molar-refractivity contribution in [1.82, 2.24) is 9.03 Å². The predicted octanol–water partition coefficient (Wildman–Crippen LogP) is 0.829. The minimum atomic E-state index is -3.89. The van der Waals surface area contributed by atoms with Crippen molar-refractivity contribution in [2.45, 2.75) is 23.8 Å². The van der Waals surface area contributed by atoms with Gasteiger partial charge in [-0.15, -0.1) is 0 Å². The second kappa shape index (κ2) is 7.58. The van der Waals surface area contributed by atoms with Gasteiger partial charge in [-0.05, 0) is 31.0 Å². The predicted molar refractivity (Wildman–Crippen MR) is 92.6 cm³/mol. The van der Waals surface area contributed by atoms with Crippen molar-refractivity contribution in [2.75, 3.05) is 26.5 Å². The SMILES string of the molecule is COC(=O)c1ccc(S(=O)(=O)NC2CCN(S(C)(=O)=O)CC2)c(Cl)c1. The first-order chi connectivity index (χ1) is 11.5. The number of hydrogen-bond donors (Lipinski definition) is 1. The number of esters is 1. The van der Waals surface area contributed by atoms with Gasteiger partial charge in [0.15, 0.2) is 0 Å². The summed E-state index contributed by atoms with van der Waals surface area (Å²) in [6.07, 6.45) is 1.86. The Morgan fingerprint density at radius 1 is 1.24 bits per heavy atom. The van der Waals surface area contributed by atoms with Gasteiger partial charge in [0.2, 0.25) is 20.0 Å². The lowest BCUT2D eigenvalue weighted by molar-refractivity contribution is 0.0600. The fourth-order valence-corrected chi connectivity index (χ4v) is 5.28. The van der Waals surface area contributed by atoms with Crippen molar-refractivity contribution in [3.05, 3.63) is 28.8 Å². The number of benzene rings is 1. The minimum absolute atomic E-state index is 0.0935.